The number of nitrogens with one attached hydrogen (secondary N) is 1. The number of piperidine rings is 1. The second-order valence-electron chi connectivity index (χ2n) is 10.1. The van der Waals surface area contributed by atoms with Gasteiger partial charge in [0, 0.05) is 34.6 Å². The molecule has 1 aliphatic heterocycles. The first kappa shape index (κ1) is 26.7. The molecule has 3 N–H and O–H groups in total. The van der Waals surface area contributed by atoms with Crippen molar-refractivity contribution in [3.63, 3.8) is 0 Å². The number of likely N-dealkylation sites (tertiary alicyclic amines) is 1. The number of hydrogen-bond donors (Lipinski definition) is 2. The fraction of sp³-hybridized carbons (Fsp3) is 0.444. The van der Waals surface area contributed by atoms with Crippen molar-refractivity contribution >= 4 is 29.4 Å². The molecular formula is C27H34ClN3O4. The van der Waals surface area contributed by atoms with Crippen LogP contribution in [0.5, 0.6) is 0 Å². The van der Waals surface area contributed by atoms with Gasteiger partial charge in [0.2, 0.25) is 5.91 Å². The predicted octanol–water partition coefficient (Wildman–Crippen LogP) is 3.99. The summed E-state index contributed by atoms with van der Waals surface area (Å²) in [5.41, 5.74) is 7.42. The SMILES string of the molecule is COC(=O)c1cccc(C(=O)N[C@@H](C(=O)N2CCC(N)(c3ccc(Cl)cc3)C(C)(C)C2)C(C)C)c1. The van der Waals surface area contributed by atoms with E-state index in [0.717, 1.165) is 5.56 Å². The predicted molar refractivity (Wildman–Crippen MR) is 136 cm³/mol. The third-order valence-corrected chi connectivity index (χ3v) is 7.26. The number of nitrogens with two attached hydrogens (primary N) is 1. The number of carbonyl (C=O) groups is 3. The summed E-state index contributed by atoms with van der Waals surface area (Å²) in [5.74, 6) is -1.24. The van der Waals surface area contributed by atoms with Gasteiger partial charge < -0.3 is 20.7 Å². The standard InChI is InChI=1S/C27H34ClN3O4/c1-17(2)22(30-23(32)18-7-6-8-19(15-18)25(34)35-5)24(33)31-14-13-27(29,26(3,4)16-31)20-9-11-21(28)12-10-20/h6-12,15,17,22H,13-14,16,29H2,1-5H3,(H,30,32)/t22-,27?/m1/s1. The lowest BCUT2D eigenvalue weighted by Crippen LogP contribution is -2.63. The van der Waals surface area contributed by atoms with Gasteiger partial charge in [-0.15, -0.1) is 0 Å². The van der Waals surface area contributed by atoms with E-state index in [-0.39, 0.29) is 23.0 Å². The Morgan fingerprint density at radius 3 is 2.29 bits per heavy atom. The first-order valence-corrected chi connectivity index (χ1v) is 12.1. The van der Waals surface area contributed by atoms with Crippen molar-refractivity contribution in [3.8, 4) is 0 Å². The van der Waals surface area contributed by atoms with Crippen LogP contribution in [0.4, 0.5) is 0 Å². The number of esters is 1. The minimum absolute atomic E-state index is 0.140. The maximum absolute atomic E-state index is 13.6. The van der Waals surface area contributed by atoms with Crippen LogP contribution in [0.3, 0.4) is 0 Å². The van der Waals surface area contributed by atoms with Crippen LogP contribution in [0.25, 0.3) is 0 Å². The fourth-order valence-electron chi connectivity index (χ4n) is 4.66. The maximum Gasteiger partial charge on any atom is 0.337 e. The van der Waals surface area contributed by atoms with E-state index in [1.54, 1.807) is 23.1 Å². The Balaban J connectivity index is 1.77. The van der Waals surface area contributed by atoms with E-state index in [4.69, 9.17) is 22.1 Å². The number of rotatable bonds is 6. The molecule has 1 unspecified atom stereocenters. The van der Waals surface area contributed by atoms with Crippen LogP contribution in [0.1, 0.15) is 60.4 Å². The molecule has 188 valence electrons. The molecule has 0 aromatic heterocycles. The molecule has 2 atom stereocenters. The Morgan fingerprint density at radius 1 is 1.09 bits per heavy atom. The molecule has 0 bridgehead atoms. The van der Waals surface area contributed by atoms with Crippen LogP contribution in [0, 0.1) is 11.3 Å². The Kier molecular flexibility index (Phi) is 7.92. The molecule has 0 aliphatic carbocycles. The summed E-state index contributed by atoms with van der Waals surface area (Å²) in [7, 11) is 1.28. The number of amides is 2. The van der Waals surface area contributed by atoms with Crippen molar-refractivity contribution in [2.45, 2.75) is 45.7 Å². The van der Waals surface area contributed by atoms with E-state index in [9.17, 15) is 14.4 Å². The third-order valence-electron chi connectivity index (χ3n) is 7.01. The molecule has 1 heterocycles. The van der Waals surface area contributed by atoms with Crippen molar-refractivity contribution < 1.29 is 19.1 Å². The largest absolute Gasteiger partial charge is 0.465 e. The number of ether oxygens (including phenoxy) is 1. The van der Waals surface area contributed by atoms with Crippen molar-refractivity contribution in [3.05, 3.63) is 70.2 Å². The zero-order chi connectivity index (χ0) is 26.0. The number of methoxy groups -OCH3 is 1. The van der Waals surface area contributed by atoms with E-state index in [1.165, 1.54) is 13.2 Å². The second kappa shape index (κ2) is 10.4. The van der Waals surface area contributed by atoms with Crippen molar-refractivity contribution in [2.24, 2.45) is 17.1 Å². The molecule has 1 saturated heterocycles. The molecule has 0 saturated carbocycles. The smallest absolute Gasteiger partial charge is 0.337 e. The average molecular weight is 500 g/mol. The normalized spacial score (nSPS) is 20.3. The van der Waals surface area contributed by atoms with E-state index in [1.807, 2.05) is 38.1 Å². The Labute approximate surface area is 212 Å². The van der Waals surface area contributed by atoms with Gasteiger partial charge in [-0.1, -0.05) is 57.5 Å². The molecule has 8 heteroatoms. The van der Waals surface area contributed by atoms with Gasteiger partial charge in [0.15, 0.2) is 0 Å². The highest BCUT2D eigenvalue weighted by Gasteiger charge is 2.49. The average Bonchev–Trinajstić information content (AvgIpc) is 2.83. The highest BCUT2D eigenvalue weighted by atomic mass is 35.5. The number of hydrogen-bond acceptors (Lipinski definition) is 5. The van der Waals surface area contributed by atoms with Crippen LogP contribution >= 0.6 is 11.6 Å². The van der Waals surface area contributed by atoms with E-state index >= 15 is 0 Å². The molecular weight excluding hydrogens is 466 g/mol. The number of halogens is 1. The summed E-state index contributed by atoms with van der Waals surface area (Å²) in [6.45, 7) is 8.82. The summed E-state index contributed by atoms with van der Waals surface area (Å²) in [6.07, 6.45) is 0.577. The van der Waals surface area contributed by atoms with Crippen LogP contribution < -0.4 is 11.1 Å². The molecule has 7 nitrogen and oxygen atoms in total. The Bertz CT molecular complexity index is 1100. The molecule has 0 spiro atoms. The molecule has 3 rings (SSSR count). The lowest BCUT2D eigenvalue weighted by atomic mass is 9.64. The van der Waals surface area contributed by atoms with Gasteiger partial charge >= 0.3 is 5.97 Å². The number of nitrogens with zero attached hydrogens (tertiary/aromatic N) is 1. The lowest BCUT2D eigenvalue weighted by Gasteiger charge is -2.52. The van der Waals surface area contributed by atoms with E-state index in [2.05, 4.69) is 19.2 Å². The van der Waals surface area contributed by atoms with Gasteiger partial charge in [0.1, 0.15) is 6.04 Å². The van der Waals surface area contributed by atoms with Gasteiger partial charge in [-0.3, -0.25) is 9.59 Å². The summed E-state index contributed by atoms with van der Waals surface area (Å²) in [5, 5.41) is 3.52. The quantitative estimate of drug-likeness (QED) is 0.585. The van der Waals surface area contributed by atoms with Crippen LogP contribution in [-0.2, 0) is 15.1 Å². The fourth-order valence-corrected chi connectivity index (χ4v) is 4.78. The first-order chi connectivity index (χ1) is 16.4. The molecule has 1 fully saturated rings. The molecule has 2 aromatic carbocycles. The van der Waals surface area contributed by atoms with Gasteiger partial charge in [-0.25, -0.2) is 4.79 Å². The van der Waals surface area contributed by atoms with Gasteiger partial charge in [0.05, 0.1) is 12.7 Å². The highest BCUT2D eigenvalue weighted by molar-refractivity contribution is 6.30. The summed E-state index contributed by atoms with van der Waals surface area (Å²) in [4.78, 5) is 40.2. The maximum atomic E-state index is 13.6. The van der Waals surface area contributed by atoms with Crippen LogP contribution in [0.15, 0.2) is 48.5 Å². The Hall–Kier alpha value is -2.90. The lowest BCUT2D eigenvalue weighted by molar-refractivity contribution is -0.139. The molecule has 35 heavy (non-hydrogen) atoms. The summed E-state index contributed by atoms with van der Waals surface area (Å²) < 4.78 is 4.73. The van der Waals surface area contributed by atoms with E-state index in [0.29, 0.717) is 24.5 Å². The highest BCUT2D eigenvalue weighted by Crippen LogP contribution is 2.44. The van der Waals surface area contributed by atoms with Crippen LogP contribution in [-0.4, -0.2) is 48.9 Å². The topological polar surface area (TPSA) is 102 Å². The monoisotopic (exact) mass is 499 g/mol. The zero-order valence-electron chi connectivity index (χ0n) is 20.9. The third kappa shape index (κ3) is 5.52. The molecule has 1 aliphatic rings. The number of carbonyl (C=O) groups excluding carboxylic acids is 3. The number of benzene rings is 2. The van der Waals surface area contributed by atoms with Crippen LogP contribution in [0.2, 0.25) is 5.02 Å². The molecule has 0 radical (unpaired) electrons. The zero-order valence-corrected chi connectivity index (χ0v) is 21.7. The van der Waals surface area contributed by atoms with Crippen molar-refractivity contribution in [1.82, 2.24) is 10.2 Å². The second-order valence-corrected chi connectivity index (χ2v) is 10.6. The Morgan fingerprint density at radius 2 is 1.71 bits per heavy atom. The van der Waals surface area contributed by atoms with Gasteiger partial charge in [-0.2, -0.15) is 0 Å². The van der Waals surface area contributed by atoms with Gasteiger partial charge in [-0.05, 0) is 48.2 Å². The summed E-state index contributed by atoms with van der Waals surface area (Å²) >= 11 is 6.06. The van der Waals surface area contributed by atoms with Crippen molar-refractivity contribution in [2.75, 3.05) is 20.2 Å². The van der Waals surface area contributed by atoms with Gasteiger partial charge in [0.25, 0.3) is 5.91 Å². The minimum atomic E-state index is -0.721. The minimum Gasteiger partial charge on any atom is -0.465 e. The van der Waals surface area contributed by atoms with Crippen molar-refractivity contribution in [1.29, 1.82) is 0 Å². The molecule has 2 aromatic rings. The van der Waals surface area contributed by atoms with E-state index < -0.39 is 28.9 Å². The first-order valence-electron chi connectivity index (χ1n) is 11.7. The summed E-state index contributed by atoms with van der Waals surface area (Å²) in [6, 6.07) is 13.1. The molecule has 2 amide bonds.